The van der Waals surface area contributed by atoms with E-state index in [1.54, 1.807) is 0 Å². The second-order valence-corrected chi connectivity index (χ2v) is 8.15. The maximum absolute atomic E-state index is 5.94. The summed E-state index contributed by atoms with van der Waals surface area (Å²) in [5.74, 6) is 6.78. The Kier molecular flexibility index (Phi) is 5.65. The summed E-state index contributed by atoms with van der Waals surface area (Å²) in [6.07, 6.45) is 6.02. The molecule has 1 aromatic heterocycles. The van der Waals surface area contributed by atoms with Crippen LogP contribution in [0.15, 0.2) is 15.9 Å². The van der Waals surface area contributed by atoms with Crippen molar-refractivity contribution in [1.82, 2.24) is 10.3 Å². The van der Waals surface area contributed by atoms with Gasteiger partial charge in [0.1, 0.15) is 0 Å². The van der Waals surface area contributed by atoms with E-state index in [-0.39, 0.29) is 5.54 Å². The highest BCUT2D eigenvalue weighted by atomic mass is 79.9. The molecule has 0 aromatic carbocycles. The van der Waals surface area contributed by atoms with E-state index in [9.17, 15) is 0 Å². The number of rotatable bonds is 5. The first-order valence-corrected chi connectivity index (χ1v) is 9.02. The van der Waals surface area contributed by atoms with Crippen molar-refractivity contribution < 1.29 is 0 Å². The van der Waals surface area contributed by atoms with Gasteiger partial charge in [-0.05, 0) is 73.1 Å². The van der Waals surface area contributed by atoms with Crippen LogP contribution in [0, 0.1) is 5.92 Å². The molecule has 3 N–H and O–H groups in total. The normalized spacial score (nSPS) is 28.8. The van der Waals surface area contributed by atoms with E-state index < -0.39 is 0 Å². The van der Waals surface area contributed by atoms with Gasteiger partial charge in [0.05, 0.1) is 0 Å². The number of hydrogen-bond acceptors (Lipinski definition) is 4. The van der Waals surface area contributed by atoms with Crippen molar-refractivity contribution in [3.63, 3.8) is 0 Å². The average molecular weight is 360 g/mol. The summed E-state index contributed by atoms with van der Waals surface area (Å²) >= 11 is 5.45. The van der Waals surface area contributed by atoms with Crippen LogP contribution in [0.4, 0.5) is 0 Å². The number of nitrogens with zero attached hydrogens (tertiary/aromatic N) is 1. The van der Waals surface area contributed by atoms with Crippen LogP contribution in [0.1, 0.15) is 37.5 Å². The molecule has 1 fully saturated rings. The Bertz CT molecular complexity index is 425. The summed E-state index contributed by atoms with van der Waals surface area (Å²) in [5.41, 5.74) is 3.29. The fourth-order valence-corrected chi connectivity index (χ4v) is 4.99. The quantitative estimate of drug-likeness (QED) is 0.625. The van der Waals surface area contributed by atoms with Crippen molar-refractivity contribution in [2.24, 2.45) is 11.8 Å². The highest BCUT2D eigenvalue weighted by Crippen LogP contribution is 2.39. The summed E-state index contributed by atoms with van der Waals surface area (Å²) < 4.78 is 1.21. The monoisotopic (exact) mass is 359 g/mol. The standard InChI is InChI=1S/C15H26BrN3S/c1-11-4-7-15(8-5-11,19(2)3)14(18-17)10-13-12(16)6-9-20-13/h6,9,11,14,18H,4-5,7-8,10,17H2,1-3H3. The van der Waals surface area contributed by atoms with Crippen molar-refractivity contribution in [3.8, 4) is 0 Å². The third-order valence-electron chi connectivity index (χ3n) is 4.96. The molecular weight excluding hydrogens is 334 g/mol. The van der Waals surface area contributed by atoms with Crippen LogP contribution in [-0.4, -0.2) is 30.6 Å². The zero-order chi connectivity index (χ0) is 14.8. The Morgan fingerprint density at radius 2 is 2.15 bits per heavy atom. The Morgan fingerprint density at radius 3 is 2.60 bits per heavy atom. The van der Waals surface area contributed by atoms with Gasteiger partial charge in [-0.25, -0.2) is 0 Å². The first-order chi connectivity index (χ1) is 9.49. The SMILES string of the molecule is CC1CCC(C(Cc2sccc2Br)NN)(N(C)C)CC1. The van der Waals surface area contributed by atoms with E-state index in [0.717, 1.165) is 12.3 Å². The first-order valence-electron chi connectivity index (χ1n) is 7.35. The minimum Gasteiger partial charge on any atom is -0.302 e. The third kappa shape index (κ3) is 3.28. The largest absolute Gasteiger partial charge is 0.302 e. The Hall–Kier alpha value is 0.0600. The molecule has 1 aliphatic rings. The maximum atomic E-state index is 5.94. The fourth-order valence-electron chi connectivity index (χ4n) is 3.43. The van der Waals surface area contributed by atoms with Crippen LogP contribution in [0.3, 0.4) is 0 Å². The molecule has 0 radical (unpaired) electrons. The molecule has 1 unspecified atom stereocenters. The van der Waals surface area contributed by atoms with Crippen molar-refractivity contribution in [2.45, 2.75) is 50.6 Å². The zero-order valence-electron chi connectivity index (χ0n) is 12.7. The molecule has 3 nitrogen and oxygen atoms in total. The number of likely N-dealkylation sites (N-methyl/N-ethyl adjacent to an activating group) is 1. The van der Waals surface area contributed by atoms with Crippen LogP contribution in [0.5, 0.6) is 0 Å². The van der Waals surface area contributed by atoms with Crippen LogP contribution in [-0.2, 0) is 6.42 Å². The first kappa shape index (κ1) is 16.4. The van der Waals surface area contributed by atoms with Gasteiger partial charge in [0.15, 0.2) is 0 Å². The van der Waals surface area contributed by atoms with Gasteiger partial charge in [-0.15, -0.1) is 11.3 Å². The molecule has 0 bridgehead atoms. The number of thiophene rings is 1. The number of halogens is 1. The minimum atomic E-state index is 0.171. The lowest BCUT2D eigenvalue weighted by Gasteiger charge is -2.49. The Labute approximate surface area is 135 Å². The molecule has 1 saturated carbocycles. The molecule has 1 aliphatic carbocycles. The number of hydrogen-bond donors (Lipinski definition) is 2. The van der Waals surface area contributed by atoms with Crippen molar-refractivity contribution in [2.75, 3.05) is 14.1 Å². The topological polar surface area (TPSA) is 41.3 Å². The fraction of sp³-hybridized carbons (Fsp3) is 0.733. The molecule has 0 spiro atoms. The molecule has 0 aliphatic heterocycles. The lowest BCUT2D eigenvalue weighted by atomic mass is 9.71. The Balaban J connectivity index is 2.20. The summed E-state index contributed by atoms with van der Waals surface area (Å²) in [6.45, 7) is 2.36. The van der Waals surface area contributed by atoms with Crippen LogP contribution < -0.4 is 11.3 Å². The molecule has 1 heterocycles. The summed E-state index contributed by atoms with van der Waals surface area (Å²) in [4.78, 5) is 3.78. The average Bonchev–Trinajstić information content (AvgIpc) is 2.82. The van der Waals surface area contributed by atoms with E-state index >= 15 is 0 Å². The Morgan fingerprint density at radius 1 is 1.50 bits per heavy atom. The highest BCUT2D eigenvalue weighted by Gasteiger charge is 2.42. The van der Waals surface area contributed by atoms with Gasteiger partial charge in [-0.3, -0.25) is 11.3 Å². The van der Waals surface area contributed by atoms with E-state index in [2.05, 4.69) is 58.7 Å². The van der Waals surface area contributed by atoms with Crippen LogP contribution >= 0.6 is 27.3 Å². The molecular formula is C15H26BrN3S. The molecule has 0 amide bonds. The van der Waals surface area contributed by atoms with Gasteiger partial charge in [-0.1, -0.05) is 6.92 Å². The highest BCUT2D eigenvalue weighted by molar-refractivity contribution is 9.10. The lowest BCUT2D eigenvalue weighted by Crippen LogP contribution is -2.62. The van der Waals surface area contributed by atoms with Gasteiger partial charge in [0.2, 0.25) is 0 Å². The van der Waals surface area contributed by atoms with Gasteiger partial charge in [0, 0.05) is 27.4 Å². The number of nitrogens with one attached hydrogen (secondary N) is 1. The lowest BCUT2D eigenvalue weighted by molar-refractivity contribution is 0.0436. The smallest absolute Gasteiger partial charge is 0.0443 e. The van der Waals surface area contributed by atoms with Gasteiger partial charge in [0.25, 0.3) is 0 Å². The van der Waals surface area contributed by atoms with Gasteiger partial charge >= 0.3 is 0 Å². The molecule has 0 saturated heterocycles. The molecule has 5 heteroatoms. The molecule has 1 atom stereocenters. The zero-order valence-corrected chi connectivity index (χ0v) is 15.1. The minimum absolute atomic E-state index is 0.171. The molecule has 20 heavy (non-hydrogen) atoms. The van der Waals surface area contributed by atoms with E-state index in [1.165, 1.54) is 35.0 Å². The summed E-state index contributed by atoms with van der Waals surface area (Å²) in [5, 5.41) is 2.14. The second-order valence-electron chi connectivity index (χ2n) is 6.30. The predicted molar refractivity (Wildman–Crippen MR) is 90.9 cm³/mol. The second kappa shape index (κ2) is 6.88. The van der Waals surface area contributed by atoms with Crippen molar-refractivity contribution in [3.05, 3.63) is 20.8 Å². The molecule has 1 aromatic rings. The van der Waals surface area contributed by atoms with Crippen LogP contribution in [0.25, 0.3) is 0 Å². The van der Waals surface area contributed by atoms with Gasteiger partial charge in [-0.2, -0.15) is 0 Å². The maximum Gasteiger partial charge on any atom is 0.0443 e. The van der Waals surface area contributed by atoms with Crippen LogP contribution in [0.2, 0.25) is 0 Å². The van der Waals surface area contributed by atoms with E-state index in [0.29, 0.717) is 6.04 Å². The molecule has 2 rings (SSSR count). The van der Waals surface area contributed by atoms with E-state index in [1.807, 2.05) is 11.3 Å². The van der Waals surface area contributed by atoms with Crippen molar-refractivity contribution in [1.29, 1.82) is 0 Å². The third-order valence-corrected chi connectivity index (χ3v) is 6.91. The summed E-state index contributed by atoms with van der Waals surface area (Å²) in [6, 6.07) is 2.42. The number of hydrazine groups is 1. The summed E-state index contributed by atoms with van der Waals surface area (Å²) in [7, 11) is 4.40. The molecule has 114 valence electrons. The predicted octanol–water partition coefficient (Wildman–Crippen LogP) is 3.40. The number of nitrogens with two attached hydrogens (primary N) is 1. The van der Waals surface area contributed by atoms with Crippen molar-refractivity contribution >= 4 is 27.3 Å². The van der Waals surface area contributed by atoms with Gasteiger partial charge < -0.3 is 4.90 Å². The van der Waals surface area contributed by atoms with E-state index in [4.69, 9.17) is 5.84 Å².